The fraction of sp³-hybridized carbons (Fsp3) is 0.222. The summed E-state index contributed by atoms with van der Waals surface area (Å²) in [4.78, 5) is 22.5. The summed E-state index contributed by atoms with van der Waals surface area (Å²) in [5, 5.41) is 6.93. The molecular weight excluding hydrogens is 316 g/mol. The minimum absolute atomic E-state index is 0.100. The van der Waals surface area contributed by atoms with Crippen LogP contribution in [0.5, 0.6) is 0 Å². The van der Waals surface area contributed by atoms with E-state index in [1.807, 2.05) is 50.5 Å². The molecule has 0 aliphatic rings. The predicted molar refractivity (Wildman–Crippen MR) is 94.2 cm³/mol. The molecule has 7 nitrogen and oxygen atoms in total. The van der Waals surface area contributed by atoms with Crippen molar-refractivity contribution >= 4 is 5.91 Å². The molecule has 0 fully saturated rings. The molecule has 0 aliphatic heterocycles. The van der Waals surface area contributed by atoms with Gasteiger partial charge in [0.25, 0.3) is 5.91 Å². The number of benzene rings is 1. The minimum Gasteiger partial charge on any atom is -0.348 e. The zero-order chi connectivity index (χ0) is 17.6. The van der Waals surface area contributed by atoms with E-state index in [9.17, 15) is 4.79 Å². The summed E-state index contributed by atoms with van der Waals surface area (Å²) in [5.74, 6) is 0.584. The van der Waals surface area contributed by atoms with E-state index in [-0.39, 0.29) is 5.91 Å². The number of aromatic nitrogens is 4. The lowest BCUT2D eigenvalue weighted by Crippen LogP contribution is -2.23. The maximum Gasteiger partial charge on any atom is 0.251 e. The molecule has 1 aromatic carbocycles. The zero-order valence-electron chi connectivity index (χ0n) is 14.3. The van der Waals surface area contributed by atoms with E-state index in [1.54, 1.807) is 17.2 Å². The highest BCUT2D eigenvalue weighted by Crippen LogP contribution is 2.07. The molecule has 0 bridgehead atoms. The highest BCUT2D eigenvalue weighted by Gasteiger charge is 2.06. The maximum atomic E-state index is 12.2. The van der Waals surface area contributed by atoms with Gasteiger partial charge in [-0.25, -0.2) is 14.6 Å². The second kappa shape index (κ2) is 7.67. The van der Waals surface area contributed by atoms with Gasteiger partial charge in [-0.1, -0.05) is 18.2 Å². The van der Waals surface area contributed by atoms with Crippen LogP contribution in [0.25, 0.3) is 5.82 Å². The number of pyridine rings is 1. The van der Waals surface area contributed by atoms with E-state index >= 15 is 0 Å². The minimum atomic E-state index is -0.100. The monoisotopic (exact) mass is 336 g/mol. The zero-order valence-corrected chi connectivity index (χ0v) is 14.3. The van der Waals surface area contributed by atoms with Gasteiger partial charge in [0.05, 0.1) is 0 Å². The molecule has 0 saturated heterocycles. The van der Waals surface area contributed by atoms with Crippen LogP contribution in [0, 0.1) is 0 Å². The third-order valence-corrected chi connectivity index (χ3v) is 3.63. The third kappa shape index (κ3) is 4.48. The summed E-state index contributed by atoms with van der Waals surface area (Å²) in [7, 11) is 4.03. The van der Waals surface area contributed by atoms with Gasteiger partial charge in [-0.3, -0.25) is 4.79 Å². The van der Waals surface area contributed by atoms with Crippen LogP contribution in [0.3, 0.4) is 0 Å². The highest BCUT2D eigenvalue weighted by atomic mass is 16.1. The van der Waals surface area contributed by atoms with Crippen LogP contribution in [-0.4, -0.2) is 44.7 Å². The van der Waals surface area contributed by atoms with Gasteiger partial charge in [-0.15, -0.1) is 0 Å². The van der Waals surface area contributed by atoms with E-state index in [4.69, 9.17) is 0 Å². The lowest BCUT2D eigenvalue weighted by Gasteiger charge is -2.10. The van der Waals surface area contributed by atoms with Gasteiger partial charge in [0.1, 0.15) is 12.7 Å². The lowest BCUT2D eigenvalue weighted by molar-refractivity contribution is 0.0951. The molecule has 0 radical (unpaired) electrons. The summed E-state index contributed by atoms with van der Waals surface area (Å²) in [6.45, 7) is 1.27. The van der Waals surface area contributed by atoms with E-state index in [2.05, 4.69) is 25.3 Å². The molecule has 3 rings (SSSR count). The molecule has 128 valence electrons. The standard InChI is InChI=1S/C18H20N6O/c1-23(2)11-14-3-6-16(7-4-14)18(25)21-10-15-5-8-17(20-9-15)24-13-19-12-22-24/h3-9,12-13H,10-11H2,1-2H3,(H,21,25). The first kappa shape index (κ1) is 16.8. The van der Waals surface area contributed by atoms with Crippen molar-refractivity contribution in [2.75, 3.05) is 14.1 Å². The number of carbonyl (C=O) groups excluding carboxylic acids is 1. The van der Waals surface area contributed by atoms with Crippen molar-refractivity contribution < 1.29 is 4.79 Å². The Morgan fingerprint density at radius 2 is 1.88 bits per heavy atom. The average molecular weight is 336 g/mol. The first-order valence-corrected chi connectivity index (χ1v) is 7.93. The summed E-state index contributed by atoms with van der Waals surface area (Å²) in [6, 6.07) is 11.4. The van der Waals surface area contributed by atoms with Gasteiger partial charge in [-0.2, -0.15) is 5.10 Å². The van der Waals surface area contributed by atoms with Crippen molar-refractivity contribution in [2.45, 2.75) is 13.1 Å². The van der Waals surface area contributed by atoms with Crippen molar-refractivity contribution in [1.82, 2.24) is 30.0 Å². The Morgan fingerprint density at radius 3 is 2.48 bits per heavy atom. The molecule has 7 heteroatoms. The molecule has 3 aromatic rings. The molecule has 1 N–H and O–H groups in total. The Balaban J connectivity index is 1.56. The number of nitrogens with one attached hydrogen (secondary N) is 1. The average Bonchev–Trinajstić information content (AvgIpc) is 3.15. The quantitative estimate of drug-likeness (QED) is 0.741. The van der Waals surface area contributed by atoms with Crippen LogP contribution < -0.4 is 5.32 Å². The van der Waals surface area contributed by atoms with E-state index in [0.717, 1.165) is 12.1 Å². The summed E-state index contributed by atoms with van der Waals surface area (Å²) < 4.78 is 1.58. The van der Waals surface area contributed by atoms with Gasteiger partial charge in [0, 0.05) is 24.8 Å². The van der Waals surface area contributed by atoms with E-state index in [1.165, 1.54) is 11.9 Å². The first-order valence-electron chi connectivity index (χ1n) is 7.93. The SMILES string of the molecule is CN(C)Cc1ccc(C(=O)NCc2ccc(-n3cncn3)nc2)cc1. The molecule has 0 atom stereocenters. The maximum absolute atomic E-state index is 12.2. The van der Waals surface area contributed by atoms with Crippen LogP contribution in [0.2, 0.25) is 0 Å². The summed E-state index contributed by atoms with van der Waals surface area (Å²) in [6.07, 6.45) is 4.76. The van der Waals surface area contributed by atoms with Crippen molar-refractivity contribution in [3.63, 3.8) is 0 Å². The number of hydrogen-bond donors (Lipinski definition) is 1. The topological polar surface area (TPSA) is 75.9 Å². The first-order chi connectivity index (χ1) is 12.1. The number of hydrogen-bond acceptors (Lipinski definition) is 5. The van der Waals surface area contributed by atoms with Crippen molar-refractivity contribution in [3.05, 3.63) is 71.9 Å². The van der Waals surface area contributed by atoms with E-state index < -0.39 is 0 Å². The molecule has 0 saturated carbocycles. The summed E-state index contributed by atoms with van der Waals surface area (Å²) in [5.41, 5.74) is 2.74. The second-order valence-corrected chi connectivity index (χ2v) is 5.98. The Labute approximate surface area is 146 Å². The summed E-state index contributed by atoms with van der Waals surface area (Å²) >= 11 is 0. The van der Waals surface area contributed by atoms with Crippen LogP contribution in [0.15, 0.2) is 55.2 Å². The fourth-order valence-corrected chi connectivity index (χ4v) is 2.39. The largest absolute Gasteiger partial charge is 0.348 e. The number of amides is 1. The Morgan fingerprint density at radius 1 is 1.12 bits per heavy atom. The van der Waals surface area contributed by atoms with Crippen LogP contribution in [-0.2, 0) is 13.1 Å². The third-order valence-electron chi connectivity index (χ3n) is 3.63. The molecule has 2 aromatic heterocycles. The normalized spacial score (nSPS) is 10.8. The lowest BCUT2D eigenvalue weighted by atomic mass is 10.1. The molecule has 0 aliphatic carbocycles. The van der Waals surface area contributed by atoms with Crippen molar-refractivity contribution in [1.29, 1.82) is 0 Å². The Hall–Kier alpha value is -3.06. The van der Waals surface area contributed by atoms with Gasteiger partial charge in [-0.05, 0) is 43.4 Å². The van der Waals surface area contributed by atoms with E-state index in [0.29, 0.717) is 17.9 Å². The smallest absolute Gasteiger partial charge is 0.251 e. The van der Waals surface area contributed by atoms with Gasteiger partial charge in [0.15, 0.2) is 5.82 Å². The molecule has 2 heterocycles. The van der Waals surface area contributed by atoms with Crippen LogP contribution >= 0.6 is 0 Å². The predicted octanol–water partition coefficient (Wildman–Crippen LogP) is 1.65. The highest BCUT2D eigenvalue weighted by molar-refractivity contribution is 5.94. The molecule has 0 unspecified atom stereocenters. The number of rotatable bonds is 6. The van der Waals surface area contributed by atoms with Gasteiger partial charge >= 0.3 is 0 Å². The van der Waals surface area contributed by atoms with Gasteiger partial charge in [0.2, 0.25) is 0 Å². The number of carbonyl (C=O) groups is 1. The van der Waals surface area contributed by atoms with Crippen LogP contribution in [0.1, 0.15) is 21.5 Å². The Bertz CT molecular complexity index is 810. The Kier molecular flexibility index (Phi) is 5.15. The molecule has 25 heavy (non-hydrogen) atoms. The van der Waals surface area contributed by atoms with Crippen molar-refractivity contribution in [3.8, 4) is 5.82 Å². The second-order valence-electron chi connectivity index (χ2n) is 5.98. The molecular formula is C18H20N6O. The fourth-order valence-electron chi connectivity index (χ4n) is 2.39. The molecule has 1 amide bonds. The van der Waals surface area contributed by atoms with Crippen molar-refractivity contribution in [2.24, 2.45) is 0 Å². The van der Waals surface area contributed by atoms with Crippen LogP contribution in [0.4, 0.5) is 0 Å². The molecule has 0 spiro atoms. The number of nitrogens with zero attached hydrogens (tertiary/aromatic N) is 5. The van der Waals surface area contributed by atoms with Gasteiger partial charge < -0.3 is 10.2 Å².